The van der Waals surface area contributed by atoms with Crippen LogP contribution in [0.4, 0.5) is 8.78 Å². The van der Waals surface area contributed by atoms with E-state index in [9.17, 15) is 18.4 Å². The van der Waals surface area contributed by atoms with Crippen LogP contribution in [-0.4, -0.2) is 29.8 Å². The topological polar surface area (TPSA) is 49.4 Å². The third-order valence-electron chi connectivity index (χ3n) is 3.57. The summed E-state index contributed by atoms with van der Waals surface area (Å²) in [5.41, 5.74) is 0.643. The van der Waals surface area contributed by atoms with Crippen molar-refractivity contribution in [3.8, 4) is 0 Å². The molecule has 132 valence electrons. The van der Waals surface area contributed by atoms with E-state index in [4.69, 9.17) is 0 Å². The molecule has 2 rings (SSSR count). The van der Waals surface area contributed by atoms with Gasteiger partial charge in [0.25, 0.3) is 5.91 Å². The van der Waals surface area contributed by atoms with Gasteiger partial charge in [-0.25, -0.2) is 8.78 Å². The van der Waals surface area contributed by atoms with Crippen LogP contribution in [0.3, 0.4) is 0 Å². The number of carbonyl (C=O) groups is 2. The third kappa shape index (κ3) is 5.35. The van der Waals surface area contributed by atoms with E-state index in [0.29, 0.717) is 4.47 Å². The van der Waals surface area contributed by atoms with Crippen LogP contribution < -0.4 is 5.32 Å². The molecule has 0 saturated carbocycles. The van der Waals surface area contributed by atoms with Gasteiger partial charge in [0.15, 0.2) is 0 Å². The number of likely N-dealkylation sites (N-methyl/N-ethyl adjacent to an activating group) is 1. The molecule has 0 saturated heterocycles. The van der Waals surface area contributed by atoms with Crippen molar-refractivity contribution in [3.05, 3.63) is 69.7 Å². The summed E-state index contributed by atoms with van der Waals surface area (Å²) in [6, 6.07) is 9.82. The van der Waals surface area contributed by atoms with Gasteiger partial charge in [0.05, 0.1) is 12.1 Å². The maximum atomic E-state index is 13.9. The zero-order valence-electron chi connectivity index (χ0n) is 13.6. The summed E-state index contributed by atoms with van der Waals surface area (Å²) in [7, 11) is 0. The molecule has 0 fully saturated rings. The van der Waals surface area contributed by atoms with E-state index < -0.39 is 11.7 Å². The maximum Gasteiger partial charge on any atom is 0.257 e. The van der Waals surface area contributed by atoms with Crippen LogP contribution >= 0.6 is 15.9 Å². The number of hydrogen-bond donors (Lipinski definition) is 1. The van der Waals surface area contributed by atoms with Gasteiger partial charge < -0.3 is 10.2 Å². The second kappa shape index (κ2) is 8.71. The largest absolute Gasteiger partial charge is 0.350 e. The molecule has 0 radical (unpaired) electrons. The highest BCUT2D eigenvalue weighted by molar-refractivity contribution is 9.10. The molecule has 0 unspecified atom stereocenters. The van der Waals surface area contributed by atoms with Crippen LogP contribution in [0.15, 0.2) is 46.9 Å². The summed E-state index contributed by atoms with van der Waals surface area (Å²) in [6.07, 6.45) is 0. The van der Waals surface area contributed by atoms with Gasteiger partial charge in [-0.3, -0.25) is 9.59 Å². The molecule has 0 bridgehead atoms. The first-order chi connectivity index (χ1) is 11.9. The van der Waals surface area contributed by atoms with E-state index in [1.165, 1.54) is 35.2 Å². The predicted molar refractivity (Wildman–Crippen MR) is 93.9 cm³/mol. The number of carbonyl (C=O) groups excluding carboxylic acids is 2. The van der Waals surface area contributed by atoms with Crippen molar-refractivity contribution in [1.29, 1.82) is 0 Å². The molecule has 2 aromatic carbocycles. The molecule has 2 aromatic rings. The molecule has 0 aliphatic rings. The van der Waals surface area contributed by atoms with Gasteiger partial charge in [-0.1, -0.05) is 28.1 Å². The van der Waals surface area contributed by atoms with Crippen LogP contribution in [0.5, 0.6) is 0 Å². The maximum absolute atomic E-state index is 13.9. The van der Waals surface area contributed by atoms with Crippen molar-refractivity contribution in [2.24, 2.45) is 0 Å². The van der Waals surface area contributed by atoms with Crippen molar-refractivity contribution < 1.29 is 18.4 Å². The predicted octanol–water partition coefficient (Wildman–Crippen LogP) is 3.51. The molecule has 0 spiro atoms. The van der Waals surface area contributed by atoms with Gasteiger partial charge >= 0.3 is 0 Å². The quantitative estimate of drug-likeness (QED) is 0.791. The minimum absolute atomic E-state index is 0.0949. The van der Waals surface area contributed by atoms with E-state index in [1.807, 2.05) is 0 Å². The fourth-order valence-electron chi connectivity index (χ4n) is 2.19. The summed E-state index contributed by atoms with van der Waals surface area (Å²) in [5.74, 6) is -1.93. The number of benzene rings is 2. The Kier molecular flexibility index (Phi) is 6.64. The Morgan fingerprint density at radius 2 is 1.80 bits per heavy atom. The normalized spacial score (nSPS) is 10.4. The number of halogens is 3. The smallest absolute Gasteiger partial charge is 0.257 e. The molecule has 2 amide bonds. The Balaban J connectivity index is 1.98. The second-order valence-electron chi connectivity index (χ2n) is 5.35. The first-order valence-electron chi connectivity index (χ1n) is 7.66. The molecule has 0 atom stereocenters. The van der Waals surface area contributed by atoms with Crippen LogP contribution in [0.25, 0.3) is 0 Å². The first-order valence-corrected chi connectivity index (χ1v) is 8.45. The molecule has 0 aromatic heterocycles. The van der Waals surface area contributed by atoms with E-state index >= 15 is 0 Å². The van der Waals surface area contributed by atoms with Crippen molar-refractivity contribution in [1.82, 2.24) is 10.2 Å². The lowest BCUT2D eigenvalue weighted by Gasteiger charge is -2.21. The van der Waals surface area contributed by atoms with Crippen molar-refractivity contribution >= 4 is 27.7 Å². The zero-order chi connectivity index (χ0) is 18.4. The molecule has 7 heteroatoms. The zero-order valence-corrected chi connectivity index (χ0v) is 15.1. The van der Waals surface area contributed by atoms with Gasteiger partial charge in [0, 0.05) is 17.6 Å². The van der Waals surface area contributed by atoms with Crippen LogP contribution in [0.2, 0.25) is 0 Å². The van der Waals surface area contributed by atoms with E-state index in [0.717, 1.165) is 5.56 Å². The van der Waals surface area contributed by atoms with Gasteiger partial charge in [0.2, 0.25) is 5.91 Å². The Bertz CT molecular complexity index is 766. The molecular weight excluding hydrogens is 394 g/mol. The molecule has 1 N–H and O–H groups in total. The highest BCUT2D eigenvalue weighted by Gasteiger charge is 2.20. The number of hydrogen-bond acceptors (Lipinski definition) is 2. The Hall–Kier alpha value is -2.28. The Labute approximate surface area is 153 Å². The third-order valence-corrected chi connectivity index (χ3v) is 4.06. The lowest BCUT2D eigenvalue weighted by molar-refractivity contribution is -0.121. The Morgan fingerprint density at radius 1 is 1.12 bits per heavy atom. The first kappa shape index (κ1) is 19.1. The molecule has 0 aliphatic heterocycles. The fourth-order valence-corrected chi connectivity index (χ4v) is 2.55. The monoisotopic (exact) mass is 410 g/mol. The SMILES string of the molecule is CCN(CC(=O)NCc1ccc(F)cc1)C(=O)c1cc(Br)ccc1F. The second-order valence-corrected chi connectivity index (χ2v) is 6.26. The number of rotatable bonds is 6. The highest BCUT2D eigenvalue weighted by Crippen LogP contribution is 2.17. The lowest BCUT2D eigenvalue weighted by Crippen LogP contribution is -2.40. The molecule has 0 heterocycles. The van der Waals surface area contributed by atoms with E-state index in [1.54, 1.807) is 19.1 Å². The molecule has 25 heavy (non-hydrogen) atoms. The minimum atomic E-state index is -0.640. The number of amides is 2. The summed E-state index contributed by atoms with van der Waals surface area (Å²) in [5, 5.41) is 2.66. The van der Waals surface area contributed by atoms with Crippen LogP contribution in [0, 0.1) is 11.6 Å². The summed E-state index contributed by atoms with van der Waals surface area (Å²) >= 11 is 3.20. The summed E-state index contributed by atoms with van der Waals surface area (Å²) in [6.45, 7) is 1.99. The average Bonchev–Trinajstić information content (AvgIpc) is 2.60. The van der Waals surface area contributed by atoms with Crippen LogP contribution in [0.1, 0.15) is 22.8 Å². The highest BCUT2D eigenvalue weighted by atomic mass is 79.9. The standard InChI is InChI=1S/C18H17BrF2N2O2/c1-2-23(18(25)15-9-13(19)5-8-16(15)21)11-17(24)22-10-12-3-6-14(20)7-4-12/h3-9H,2,10-11H2,1H3,(H,22,24). The van der Waals surface area contributed by atoms with Crippen molar-refractivity contribution in [2.45, 2.75) is 13.5 Å². The van der Waals surface area contributed by atoms with Gasteiger partial charge in [0.1, 0.15) is 11.6 Å². The van der Waals surface area contributed by atoms with Gasteiger partial charge in [-0.2, -0.15) is 0 Å². The fraction of sp³-hybridized carbons (Fsp3) is 0.222. The summed E-state index contributed by atoms with van der Waals surface area (Å²) < 4.78 is 27.3. The lowest BCUT2D eigenvalue weighted by atomic mass is 10.2. The van der Waals surface area contributed by atoms with Gasteiger partial charge in [-0.15, -0.1) is 0 Å². The Morgan fingerprint density at radius 3 is 2.44 bits per heavy atom. The van der Waals surface area contributed by atoms with Crippen LogP contribution in [-0.2, 0) is 11.3 Å². The number of nitrogens with one attached hydrogen (secondary N) is 1. The molecular formula is C18H17BrF2N2O2. The average molecular weight is 411 g/mol. The summed E-state index contributed by atoms with van der Waals surface area (Å²) in [4.78, 5) is 25.8. The van der Waals surface area contributed by atoms with Crippen molar-refractivity contribution in [2.75, 3.05) is 13.1 Å². The molecule has 0 aliphatic carbocycles. The van der Waals surface area contributed by atoms with Crippen molar-refractivity contribution in [3.63, 3.8) is 0 Å². The van der Waals surface area contributed by atoms with E-state index in [2.05, 4.69) is 21.2 Å². The molecule has 4 nitrogen and oxygen atoms in total. The minimum Gasteiger partial charge on any atom is -0.350 e. The number of nitrogens with zero attached hydrogens (tertiary/aromatic N) is 1. The van der Waals surface area contributed by atoms with E-state index in [-0.39, 0.29) is 36.9 Å². The van der Waals surface area contributed by atoms with Gasteiger partial charge in [-0.05, 0) is 42.8 Å².